The number of benzene rings is 2. The Bertz CT molecular complexity index is 603. The number of aliphatic hydroxyl groups is 1. The van der Waals surface area contributed by atoms with E-state index in [1.807, 2.05) is 30.3 Å². The number of phenolic OH excluding ortho intramolecular Hbond substituents is 1. The zero-order valence-electron chi connectivity index (χ0n) is 14.1. The standard InChI is InChI=1S/C21H27NO2/c23-20-12-8-18(9-13-20)17-6-10-19(11-7-17)22-15-21(24)14-16-4-2-1-3-5-16/h1-5,8-9,12-13,17,19,21-24H,6-7,10-11,14-15H2. The fourth-order valence-electron chi connectivity index (χ4n) is 3.64. The third kappa shape index (κ3) is 4.83. The molecule has 3 N–H and O–H groups in total. The second-order valence-corrected chi connectivity index (χ2v) is 6.89. The Morgan fingerprint density at radius 3 is 2.25 bits per heavy atom. The lowest BCUT2D eigenvalue weighted by molar-refractivity contribution is 0.162. The van der Waals surface area contributed by atoms with Crippen molar-refractivity contribution in [3.63, 3.8) is 0 Å². The van der Waals surface area contributed by atoms with E-state index in [-0.39, 0.29) is 6.10 Å². The van der Waals surface area contributed by atoms with Gasteiger partial charge in [0.15, 0.2) is 0 Å². The second kappa shape index (κ2) is 8.32. The fraction of sp³-hybridized carbons (Fsp3) is 0.429. The molecule has 1 fully saturated rings. The molecule has 0 radical (unpaired) electrons. The Morgan fingerprint density at radius 2 is 1.58 bits per heavy atom. The Morgan fingerprint density at radius 1 is 0.917 bits per heavy atom. The molecule has 0 aliphatic heterocycles. The quantitative estimate of drug-likeness (QED) is 0.760. The molecule has 1 atom stereocenters. The lowest BCUT2D eigenvalue weighted by atomic mass is 9.81. The molecule has 0 bridgehead atoms. The molecule has 1 unspecified atom stereocenters. The van der Waals surface area contributed by atoms with Crippen molar-refractivity contribution in [1.29, 1.82) is 0 Å². The number of nitrogens with one attached hydrogen (secondary N) is 1. The van der Waals surface area contributed by atoms with Crippen molar-refractivity contribution in [2.45, 2.75) is 50.2 Å². The molecule has 1 aliphatic carbocycles. The van der Waals surface area contributed by atoms with Crippen molar-refractivity contribution in [2.75, 3.05) is 6.54 Å². The van der Waals surface area contributed by atoms with Crippen LogP contribution in [0.4, 0.5) is 0 Å². The van der Waals surface area contributed by atoms with Gasteiger partial charge in [-0.15, -0.1) is 0 Å². The van der Waals surface area contributed by atoms with E-state index in [9.17, 15) is 10.2 Å². The third-order valence-corrected chi connectivity index (χ3v) is 5.05. The number of aromatic hydroxyl groups is 1. The van der Waals surface area contributed by atoms with E-state index in [4.69, 9.17) is 0 Å². The van der Waals surface area contributed by atoms with E-state index >= 15 is 0 Å². The van der Waals surface area contributed by atoms with Crippen LogP contribution in [0.3, 0.4) is 0 Å². The predicted octanol–water partition coefficient (Wildman–Crippen LogP) is 3.61. The minimum atomic E-state index is -0.331. The number of aliphatic hydroxyl groups excluding tert-OH is 1. The highest BCUT2D eigenvalue weighted by molar-refractivity contribution is 5.28. The third-order valence-electron chi connectivity index (χ3n) is 5.05. The largest absolute Gasteiger partial charge is 0.508 e. The van der Waals surface area contributed by atoms with Crippen LogP contribution in [0.25, 0.3) is 0 Å². The van der Waals surface area contributed by atoms with Crippen LogP contribution < -0.4 is 5.32 Å². The van der Waals surface area contributed by atoms with Gasteiger partial charge in [0.25, 0.3) is 0 Å². The van der Waals surface area contributed by atoms with Crippen molar-refractivity contribution in [2.24, 2.45) is 0 Å². The molecule has 0 spiro atoms. The van der Waals surface area contributed by atoms with E-state index in [0.717, 1.165) is 25.7 Å². The van der Waals surface area contributed by atoms with E-state index in [0.29, 0.717) is 30.7 Å². The van der Waals surface area contributed by atoms with Gasteiger partial charge in [0.05, 0.1) is 6.10 Å². The van der Waals surface area contributed by atoms with Crippen LogP contribution in [-0.2, 0) is 6.42 Å². The number of hydrogen-bond acceptors (Lipinski definition) is 3. The molecular weight excluding hydrogens is 298 g/mol. The van der Waals surface area contributed by atoms with Gasteiger partial charge in [-0.1, -0.05) is 42.5 Å². The van der Waals surface area contributed by atoms with Crippen LogP contribution in [0, 0.1) is 0 Å². The Labute approximate surface area is 144 Å². The molecule has 2 aromatic rings. The second-order valence-electron chi connectivity index (χ2n) is 6.89. The van der Waals surface area contributed by atoms with Crippen LogP contribution in [0.2, 0.25) is 0 Å². The van der Waals surface area contributed by atoms with E-state index in [2.05, 4.69) is 17.4 Å². The first-order valence-electron chi connectivity index (χ1n) is 8.95. The first-order valence-corrected chi connectivity index (χ1v) is 8.95. The summed E-state index contributed by atoms with van der Waals surface area (Å²) in [6.07, 6.45) is 4.99. The van der Waals surface area contributed by atoms with Gasteiger partial charge in [-0.05, 0) is 61.3 Å². The van der Waals surface area contributed by atoms with Crippen molar-refractivity contribution in [1.82, 2.24) is 5.32 Å². The van der Waals surface area contributed by atoms with Crippen molar-refractivity contribution < 1.29 is 10.2 Å². The molecule has 0 aromatic heterocycles. The summed E-state index contributed by atoms with van der Waals surface area (Å²) in [5.74, 6) is 0.930. The van der Waals surface area contributed by atoms with Gasteiger partial charge in [-0.25, -0.2) is 0 Å². The minimum absolute atomic E-state index is 0.331. The average molecular weight is 325 g/mol. The molecular formula is C21H27NO2. The molecule has 1 saturated carbocycles. The van der Waals surface area contributed by atoms with Gasteiger partial charge in [0.2, 0.25) is 0 Å². The number of hydrogen-bond donors (Lipinski definition) is 3. The van der Waals surface area contributed by atoms with E-state index in [1.165, 1.54) is 11.1 Å². The summed E-state index contributed by atoms with van der Waals surface area (Å²) < 4.78 is 0. The summed E-state index contributed by atoms with van der Waals surface area (Å²) in [4.78, 5) is 0. The smallest absolute Gasteiger partial charge is 0.115 e. The molecule has 2 aromatic carbocycles. The molecule has 0 amide bonds. The van der Waals surface area contributed by atoms with Gasteiger partial charge in [0.1, 0.15) is 5.75 Å². The monoisotopic (exact) mass is 325 g/mol. The van der Waals surface area contributed by atoms with Gasteiger partial charge >= 0.3 is 0 Å². The van der Waals surface area contributed by atoms with E-state index < -0.39 is 0 Å². The van der Waals surface area contributed by atoms with Gasteiger partial charge < -0.3 is 15.5 Å². The van der Waals surface area contributed by atoms with Crippen LogP contribution >= 0.6 is 0 Å². The summed E-state index contributed by atoms with van der Waals surface area (Å²) in [6.45, 7) is 0.656. The molecule has 3 nitrogen and oxygen atoms in total. The summed E-state index contributed by atoms with van der Waals surface area (Å²) >= 11 is 0. The minimum Gasteiger partial charge on any atom is -0.508 e. The highest BCUT2D eigenvalue weighted by Gasteiger charge is 2.22. The van der Waals surface area contributed by atoms with Gasteiger partial charge in [-0.3, -0.25) is 0 Å². The van der Waals surface area contributed by atoms with Crippen molar-refractivity contribution >= 4 is 0 Å². The average Bonchev–Trinajstić information content (AvgIpc) is 2.62. The fourth-order valence-corrected chi connectivity index (χ4v) is 3.64. The highest BCUT2D eigenvalue weighted by Crippen LogP contribution is 2.33. The van der Waals surface area contributed by atoms with Gasteiger partial charge in [0, 0.05) is 12.6 Å². The predicted molar refractivity (Wildman–Crippen MR) is 97.3 cm³/mol. The maximum Gasteiger partial charge on any atom is 0.115 e. The number of rotatable bonds is 6. The highest BCUT2D eigenvalue weighted by atomic mass is 16.3. The van der Waals surface area contributed by atoms with E-state index in [1.54, 1.807) is 12.1 Å². The van der Waals surface area contributed by atoms with Crippen molar-refractivity contribution in [3.8, 4) is 5.75 Å². The zero-order valence-corrected chi connectivity index (χ0v) is 14.1. The first kappa shape index (κ1) is 17.0. The molecule has 128 valence electrons. The van der Waals surface area contributed by atoms with Crippen LogP contribution in [0.5, 0.6) is 5.75 Å². The topological polar surface area (TPSA) is 52.5 Å². The normalized spacial score (nSPS) is 22.2. The van der Waals surface area contributed by atoms with Crippen LogP contribution in [0.15, 0.2) is 54.6 Å². The van der Waals surface area contributed by atoms with Crippen molar-refractivity contribution in [3.05, 3.63) is 65.7 Å². The van der Waals surface area contributed by atoms with Crippen LogP contribution in [-0.4, -0.2) is 28.9 Å². The Hall–Kier alpha value is -1.84. The first-order chi connectivity index (χ1) is 11.7. The summed E-state index contributed by atoms with van der Waals surface area (Å²) in [7, 11) is 0. The lowest BCUT2D eigenvalue weighted by Gasteiger charge is -2.30. The van der Waals surface area contributed by atoms with Gasteiger partial charge in [-0.2, -0.15) is 0 Å². The molecule has 1 aliphatic rings. The molecule has 3 rings (SSSR count). The zero-order chi connectivity index (χ0) is 16.8. The molecule has 3 heteroatoms. The Kier molecular flexibility index (Phi) is 5.89. The lowest BCUT2D eigenvalue weighted by Crippen LogP contribution is -2.38. The number of phenols is 1. The molecule has 24 heavy (non-hydrogen) atoms. The summed E-state index contributed by atoms with van der Waals surface area (Å²) in [6, 6.07) is 18.3. The maximum atomic E-state index is 10.2. The molecule has 0 saturated heterocycles. The maximum absolute atomic E-state index is 10.2. The summed E-state index contributed by atoms with van der Waals surface area (Å²) in [5.41, 5.74) is 2.51. The SMILES string of the molecule is Oc1ccc(C2CCC(NCC(O)Cc3ccccc3)CC2)cc1. The molecule has 0 heterocycles. The Balaban J connectivity index is 1.40. The van der Waals surface area contributed by atoms with Crippen LogP contribution in [0.1, 0.15) is 42.7 Å². The summed E-state index contributed by atoms with van der Waals surface area (Å²) in [5, 5.41) is 23.1.